The van der Waals surface area contributed by atoms with Crippen LogP contribution in [0.15, 0.2) is 29.3 Å². The second-order valence-corrected chi connectivity index (χ2v) is 6.23. The third-order valence-corrected chi connectivity index (χ3v) is 4.55. The smallest absolute Gasteiger partial charge is 0.238 e. The Bertz CT molecular complexity index is 601. The SMILES string of the molecule is CCN=C1S[C@H](C(=O)Nc2cccc(C)c2)CC(=O)N1CC. The summed E-state index contributed by atoms with van der Waals surface area (Å²) in [4.78, 5) is 30.6. The van der Waals surface area contributed by atoms with Gasteiger partial charge in [-0.3, -0.25) is 19.5 Å². The summed E-state index contributed by atoms with van der Waals surface area (Å²) in [6, 6.07) is 7.62. The number of aryl methyl sites for hydroxylation is 1. The Morgan fingerprint density at radius 1 is 1.45 bits per heavy atom. The maximum atomic E-state index is 12.4. The number of aliphatic imine (C=N–C) groups is 1. The standard InChI is InChI=1S/C16H21N3O2S/c1-4-17-16-19(5-2)14(20)10-13(22-16)15(21)18-12-8-6-7-11(3)9-12/h6-9,13H,4-5,10H2,1-3H3,(H,18,21)/t13-/m0/s1. The number of anilines is 1. The largest absolute Gasteiger partial charge is 0.325 e. The molecular formula is C16H21N3O2S. The van der Waals surface area contributed by atoms with Crippen molar-refractivity contribution in [3.8, 4) is 0 Å². The molecule has 0 aliphatic carbocycles. The second-order valence-electron chi connectivity index (χ2n) is 5.06. The molecule has 1 heterocycles. The third kappa shape index (κ3) is 3.88. The summed E-state index contributed by atoms with van der Waals surface area (Å²) in [5, 5.41) is 3.10. The monoisotopic (exact) mass is 319 g/mol. The van der Waals surface area contributed by atoms with E-state index in [4.69, 9.17) is 0 Å². The van der Waals surface area contributed by atoms with Gasteiger partial charge >= 0.3 is 0 Å². The van der Waals surface area contributed by atoms with Crippen LogP contribution in [0.5, 0.6) is 0 Å². The summed E-state index contributed by atoms with van der Waals surface area (Å²) < 4.78 is 0. The van der Waals surface area contributed by atoms with E-state index in [1.165, 1.54) is 11.8 Å². The highest BCUT2D eigenvalue weighted by Crippen LogP contribution is 2.27. The number of carbonyl (C=O) groups is 2. The van der Waals surface area contributed by atoms with Crippen molar-refractivity contribution < 1.29 is 9.59 Å². The van der Waals surface area contributed by atoms with Gasteiger partial charge in [-0.2, -0.15) is 0 Å². The van der Waals surface area contributed by atoms with Crippen LogP contribution in [0.3, 0.4) is 0 Å². The minimum atomic E-state index is -0.430. The Labute approximate surface area is 135 Å². The van der Waals surface area contributed by atoms with Crippen LogP contribution in [-0.2, 0) is 9.59 Å². The number of carbonyl (C=O) groups excluding carboxylic acids is 2. The average molecular weight is 319 g/mol. The number of amidine groups is 1. The Kier molecular flexibility index (Phi) is 5.60. The molecule has 1 N–H and O–H groups in total. The molecule has 1 saturated heterocycles. The molecule has 1 atom stereocenters. The van der Waals surface area contributed by atoms with Crippen LogP contribution in [0.1, 0.15) is 25.8 Å². The van der Waals surface area contributed by atoms with Crippen molar-refractivity contribution in [2.45, 2.75) is 32.4 Å². The molecule has 1 aromatic rings. The molecule has 1 aliphatic heterocycles. The van der Waals surface area contributed by atoms with E-state index in [1.807, 2.05) is 45.0 Å². The lowest BCUT2D eigenvalue weighted by Crippen LogP contribution is -2.45. The fourth-order valence-corrected chi connectivity index (χ4v) is 3.48. The van der Waals surface area contributed by atoms with Crippen molar-refractivity contribution >= 4 is 34.4 Å². The van der Waals surface area contributed by atoms with Crippen molar-refractivity contribution in [1.29, 1.82) is 0 Å². The van der Waals surface area contributed by atoms with Gasteiger partial charge < -0.3 is 5.32 Å². The number of thioether (sulfide) groups is 1. The highest BCUT2D eigenvalue weighted by atomic mass is 32.2. The Morgan fingerprint density at radius 3 is 2.86 bits per heavy atom. The van der Waals surface area contributed by atoms with Crippen molar-refractivity contribution in [2.75, 3.05) is 18.4 Å². The molecule has 1 fully saturated rings. The van der Waals surface area contributed by atoms with E-state index in [9.17, 15) is 9.59 Å². The molecule has 1 aromatic carbocycles. The zero-order valence-electron chi connectivity index (χ0n) is 13.1. The minimum absolute atomic E-state index is 0.0437. The summed E-state index contributed by atoms with van der Waals surface area (Å²) in [6.45, 7) is 6.98. The van der Waals surface area contributed by atoms with Gasteiger partial charge in [0.05, 0.1) is 0 Å². The number of rotatable bonds is 4. The van der Waals surface area contributed by atoms with Crippen molar-refractivity contribution in [3.63, 3.8) is 0 Å². The molecule has 22 heavy (non-hydrogen) atoms. The maximum Gasteiger partial charge on any atom is 0.238 e. The van der Waals surface area contributed by atoms with Crippen LogP contribution < -0.4 is 5.32 Å². The summed E-state index contributed by atoms with van der Waals surface area (Å²) in [7, 11) is 0. The zero-order valence-corrected chi connectivity index (χ0v) is 13.9. The number of hydrogen-bond donors (Lipinski definition) is 1. The van der Waals surface area contributed by atoms with Gasteiger partial charge in [-0.05, 0) is 38.5 Å². The number of benzene rings is 1. The quantitative estimate of drug-likeness (QED) is 0.928. The number of nitrogens with one attached hydrogen (secondary N) is 1. The predicted molar refractivity (Wildman–Crippen MR) is 91.2 cm³/mol. The van der Waals surface area contributed by atoms with E-state index in [1.54, 1.807) is 4.90 Å². The van der Waals surface area contributed by atoms with Gasteiger partial charge in [0.25, 0.3) is 0 Å². The molecule has 0 unspecified atom stereocenters. The van der Waals surface area contributed by atoms with E-state index in [-0.39, 0.29) is 18.2 Å². The molecule has 6 heteroatoms. The predicted octanol–water partition coefficient (Wildman–Crippen LogP) is 2.66. The fraction of sp³-hybridized carbons (Fsp3) is 0.438. The first-order valence-electron chi connectivity index (χ1n) is 7.44. The topological polar surface area (TPSA) is 61.8 Å². The van der Waals surface area contributed by atoms with E-state index in [2.05, 4.69) is 10.3 Å². The van der Waals surface area contributed by atoms with Crippen LogP contribution in [0.4, 0.5) is 5.69 Å². The number of amides is 2. The van der Waals surface area contributed by atoms with Gasteiger partial charge in [0.1, 0.15) is 5.25 Å². The Balaban J connectivity index is 2.10. The second kappa shape index (κ2) is 7.45. The first-order chi connectivity index (χ1) is 10.5. The highest BCUT2D eigenvalue weighted by molar-refractivity contribution is 8.15. The van der Waals surface area contributed by atoms with Crippen LogP contribution in [0.25, 0.3) is 0 Å². The Morgan fingerprint density at radius 2 is 2.23 bits per heavy atom. The van der Waals surface area contributed by atoms with Crippen LogP contribution in [0.2, 0.25) is 0 Å². The van der Waals surface area contributed by atoms with E-state index in [0.717, 1.165) is 11.3 Å². The van der Waals surface area contributed by atoms with Gasteiger partial charge in [-0.25, -0.2) is 0 Å². The lowest BCUT2D eigenvalue weighted by atomic mass is 10.2. The lowest BCUT2D eigenvalue weighted by molar-refractivity contribution is -0.129. The summed E-state index contributed by atoms with van der Waals surface area (Å²) >= 11 is 1.37. The summed E-state index contributed by atoms with van der Waals surface area (Å²) in [6.07, 6.45) is 0.207. The van der Waals surface area contributed by atoms with Gasteiger partial charge in [-0.15, -0.1) is 0 Å². The molecule has 0 radical (unpaired) electrons. The first-order valence-corrected chi connectivity index (χ1v) is 8.32. The molecule has 2 rings (SSSR count). The van der Waals surface area contributed by atoms with Crippen molar-refractivity contribution in [2.24, 2.45) is 4.99 Å². The molecule has 118 valence electrons. The highest BCUT2D eigenvalue weighted by Gasteiger charge is 2.34. The average Bonchev–Trinajstić information content (AvgIpc) is 2.47. The summed E-state index contributed by atoms with van der Waals surface area (Å²) in [5.74, 6) is -0.193. The molecule has 0 bridgehead atoms. The molecule has 1 aliphatic rings. The molecule has 2 amide bonds. The lowest BCUT2D eigenvalue weighted by Gasteiger charge is -2.30. The molecule has 5 nitrogen and oxygen atoms in total. The number of nitrogens with zero attached hydrogens (tertiary/aromatic N) is 2. The van der Waals surface area contributed by atoms with E-state index in [0.29, 0.717) is 18.3 Å². The number of hydrogen-bond acceptors (Lipinski definition) is 4. The van der Waals surface area contributed by atoms with Gasteiger partial charge in [0.2, 0.25) is 11.8 Å². The maximum absolute atomic E-state index is 12.4. The van der Waals surface area contributed by atoms with Gasteiger partial charge in [-0.1, -0.05) is 23.9 Å². The molecule has 0 aromatic heterocycles. The fourth-order valence-electron chi connectivity index (χ4n) is 2.27. The van der Waals surface area contributed by atoms with E-state index >= 15 is 0 Å². The van der Waals surface area contributed by atoms with E-state index < -0.39 is 5.25 Å². The summed E-state index contributed by atoms with van der Waals surface area (Å²) in [5.41, 5.74) is 1.83. The van der Waals surface area contributed by atoms with Crippen LogP contribution >= 0.6 is 11.8 Å². The van der Waals surface area contributed by atoms with Gasteiger partial charge in [0.15, 0.2) is 5.17 Å². The van der Waals surface area contributed by atoms with Crippen LogP contribution in [-0.4, -0.2) is 40.2 Å². The van der Waals surface area contributed by atoms with Crippen molar-refractivity contribution in [3.05, 3.63) is 29.8 Å². The Hall–Kier alpha value is -1.82. The molecule has 0 saturated carbocycles. The molecule has 0 spiro atoms. The molecular weight excluding hydrogens is 298 g/mol. The normalized spacial score (nSPS) is 20.3. The first kappa shape index (κ1) is 16.5. The zero-order chi connectivity index (χ0) is 16.1. The third-order valence-electron chi connectivity index (χ3n) is 3.33. The van der Waals surface area contributed by atoms with Gasteiger partial charge in [0, 0.05) is 25.2 Å². The minimum Gasteiger partial charge on any atom is -0.325 e. The van der Waals surface area contributed by atoms with Crippen LogP contribution in [0, 0.1) is 6.92 Å². The van der Waals surface area contributed by atoms with Crippen molar-refractivity contribution in [1.82, 2.24) is 4.90 Å².